The van der Waals surface area contributed by atoms with Crippen LogP contribution < -0.4 is 14.4 Å². The second-order valence-corrected chi connectivity index (χ2v) is 8.77. The summed E-state index contributed by atoms with van der Waals surface area (Å²) in [6.07, 6.45) is 0. The van der Waals surface area contributed by atoms with E-state index in [0.29, 0.717) is 18.8 Å². The molecule has 0 bridgehead atoms. The monoisotopic (exact) mass is 483 g/mol. The average Bonchev–Trinajstić information content (AvgIpc) is 2.92. The third-order valence-electron chi connectivity index (χ3n) is 6.31. The van der Waals surface area contributed by atoms with Crippen molar-refractivity contribution < 1.29 is 9.47 Å². The summed E-state index contributed by atoms with van der Waals surface area (Å²) in [6.45, 7) is 11.5. The average molecular weight is 484 g/mol. The Bertz CT molecular complexity index is 1380. The van der Waals surface area contributed by atoms with Gasteiger partial charge in [0.1, 0.15) is 19.0 Å². The first-order chi connectivity index (χ1) is 17.5. The number of benzene rings is 2. The lowest BCUT2D eigenvalue weighted by molar-refractivity contribution is 0.174. The molecule has 7 nitrogen and oxygen atoms in total. The van der Waals surface area contributed by atoms with Gasteiger partial charge in [-0.3, -0.25) is 4.98 Å². The fraction of sp³-hybridized carbons (Fsp3) is 0.345. The van der Waals surface area contributed by atoms with Gasteiger partial charge in [0.2, 0.25) is 0 Å². The number of nitriles is 1. The van der Waals surface area contributed by atoms with Crippen molar-refractivity contribution >= 4 is 27.6 Å². The number of anilines is 1. The Morgan fingerprint density at radius 1 is 0.889 bits per heavy atom. The molecule has 0 amide bonds. The molecule has 4 aromatic rings. The molecule has 0 saturated heterocycles. The maximum atomic E-state index is 8.94. The molecule has 2 aromatic heterocycles. The number of aryl methyl sites for hydroxylation is 1. The molecule has 0 fully saturated rings. The summed E-state index contributed by atoms with van der Waals surface area (Å²) in [5, 5.41) is 11.0. The molecule has 2 aromatic carbocycles. The van der Waals surface area contributed by atoms with E-state index in [0.717, 1.165) is 71.0 Å². The van der Waals surface area contributed by atoms with E-state index in [9.17, 15) is 0 Å². The fourth-order valence-electron chi connectivity index (χ4n) is 4.06. The number of pyridine rings is 2. The molecule has 0 N–H and O–H groups in total. The van der Waals surface area contributed by atoms with Gasteiger partial charge in [0.15, 0.2) is 11.5 Å². The van der Waals surface area contributed by atoms with Crippen molar-refractivity contribution in [2.24, 2.45) is 0 Å². The molecule has 3 heterocycles. The molecule has 0 radical (unpaired) electrons. The summed E-state index contributed by atoms with van der Waals surface area (Å²) < 4.78 is 11.1. The maximum absolute atomic E-state index is 8.94. The van der Waals surface area contributed by atoms with E-state index in [-0.39, 0.29) is 0 Å². The van der Waals surface area contributed by atoms with Crippen LogP contribution in [0.3, 0.4) is 0 Å². The SMILES string of the molecule is CCN(C)CCN(CC)c1ccc2cc(C#N)ccc2n1.Cc1ccc2c3c(ccc2n1)OCCO3. The van der Waals surface area contributed by atoms with Crippen molar-refractivity contribution in [3.63, 3.8) is 0 Å². The Morgan fingerprint density at radius 2 is 1.69 bits per heavy atom. The van der Waals surface area contributed by atoms with Crippen LogP contribution in [0.25, 0.3) is 21.8 Å². The maximum Gasteiger partial charge on any atom is 0.170 e. The van der Waals surface area contributed by atoms with Crippen LogP contribution in [0.15, 0.2) is 54.6 Å². The van der Waals surface area contributed by atoms with Gasteiger partial charge in [-0.25, -0.2) is 4.98 Å². The predicted octanol–water partition coefficient (Wildman–Crippen LogP) is 5.20. The topological polar surface area (TPSA) is 74.5 Å². The minimum Gasteiger partial charge on any atom is -0.486 e. The van der Waals surface area contributed by atoms with Crippen LogP contribution >= 0.6 is 0 Å². The normalized spacial score (nSPS) is 12.2. The quantitative estimate of drug-likeness (QED) is 0.373. The van der Waals surface area contributed by atoms with Crippen LogP contribution in [0.4, 0.5) is 5.82 Å². The second kappa shape index (κ2) is 11.7. The van der Waals surface area contributed by atoms with Gasteiger partial charge in [0.25, 0.3) is 0 Å². The van der Waals surface area contributed by atoms with Crippen molar-refractivity contribution in [3.8, 4) is 17.6 Å². The molecule has 1 aliphatic heterocycles. The smallest absolute Gasteiger partial charge is 0.170 e. The minimum absolute atomic E-state index is 0.611. The molecule has 0 atom stereocenters. The summed E-state index contributed by atoms with van der Waals surface area (Å²) >= 11 is 0. The van der Waals surface area contributed by atoms with Gasteiger partial charge in [0.05, 0.1) is 22.7 Å². The standard InChI is InChI=1S/C17H22N4.C12H11NO2/c1-4-20(3)10-11-21(5-2)17-9-7-15-12-14(13-18)6-8-16(15)19-17;1-8-2-3-9-10(13-8)4-5-11-12(9)15-7-6-14-11/h6-9,12H,4-5,10-11H2,1-3H3;2-5H,6-7H2,1H3. The highest BCUT2D eigenvalue weighted by Gasteiger charge is 2.15. The minimum atomic E-state index is 0.611. The Labute approximate surface area is 212 Å². The predicted molar refractivity (Wildman–Crippen MR) is 145 cm³/mol. The summed E-state index contributed by atoms with van der Waals surface area (Å²) in [5.74, 6) is 2.64. The lowest BCUT2D eigenvalue weighted by atomic mass is 10.1. The number of ether oxygens (including phenoxy) is 2. The van der Waals surface area contributed by atoms with Crippen molar-refractivity contribution in [3.05, 3.63) is 65.9 Å². The zero-order valence-corrected chi connectivity index (χ0v) is 21.5. The molecule has 0 aliphatic carbocycles. The van der Waals surface area contributed by atoms with Crippen molar-refractivity contribution in [2.75, 3.05) is 51.3 Å². The van der Waals surface area contributed by atoms with Crippen LogP contribution in [-0.2, 0) is 0 Å². The van der Waals surface area contributed by atoms with Crippen LogP contribution in [0.1, 0.15) is 25.1 Å². The van der Waals surface area contributed by atoms with Gasteiger partial charge in [-0.1, -0.05) is 6.92 Å². The van der Waals surface area contributed by atoms with Crippen molar-refractivity contribution in [2.45, 2.75) is 20.8 Å². The Kier molecular flexibility index (Phi) is 8.19. The molecular weight excluding hydrogens is 450 g/mol. The van der Waals surface area contributed by atoms with Crippen molar-refractivity contribution in [1.29, 1.82) is 5.26 Å². The van der Waals surface area contributed by atoms with E-state index in [1.165, 1.54) is 0 Å². The first-order valence-corrected chi connectivity index (χ1v) is 12.4. The molecule has 0 spiro atoms. The lowest BCUT2D eigenvalue weighted by Crippen LogP contribution is -2.33. The number of hydrogen-bond acceptors (Lipinski definition) is 7. The molecule has 0 saturated carbocycles. The molecule has 36 heavy (non-hydrogen) atoms. The highest BCUT2D eigenvalue weighted by Crippen LogP contribution is 2.36. The van der Waals surface area contributed by atoms with E-state index in [1.807, 2.05) is 61.5 Å². The van der Waals surface area contributed by atoms with Crippen LogP contribution in [0.5, 0.6) is 11.5 Å². The highest BCUT2D eigenvalue weighted by molar-refractivity contribution is 5.88. The molecule has 0 unspecified atom stereocenters. The third kappa shape index (κ3) is 5.84. The lowest BCUT2D eigenvalue weighted by Gasteiger charge is -2.25. The Hall–Kier alpha value is -3.89. The van der Waals surface area contributed by atoms with Gasteiger partial charge in [-0.05, 0) is 82.0 Å². The van der Waals surface area contributed by atoms with Crippen molar-refractivity contribution in [1.82, 2.24) is 14.9 Å². The fourth-order valence-corrected chi connectivity index (χ4v) is 4.06. The summed E-state index contributed by atoms with van der Waals surface area (Å²) in [5.41, 5.74) is 3.58. The van der Waals surface area contributed by atoms with Gasteiger partial charge in [-0.15, -0.1) is 0 Å². The molecule has 186 valence electrons. The van der Waals surface area contributed by atoms with Crippen LogP contribution in [-0.4, -0.2) is 61.3 Å². The first kappa shape index (κ1) is 25.2. The highest BCUT2D eigenvalue weighted by atomic mass is 16.6. The Balaban J connectivity index is 0.000000178. The van der Waals surface area contributed by atoms with Gasteiger partial charge in [-0.2, -0.15) is 5.26 Å². The van der Waals surface area contributed by atoms with E-state index < -0.39 is 0 Å². The summed E-state index contributed by atoms with van der Waals surface area (Å²) in [4.78, 5) is 13.7. The van der Waals surface area contributed by atoms with E-state index >= 15 is 0 Å². The zero-order chi connectivity index (χ0) is 25.5. The number of hydrogen-bond donors (Lipinski definition) is 0. The third-order valence-corrected chi connectivity index (χ3v) is 6.31. The number of fused-ring (bicyclic) bond motifs is 4. The van der Waals surface area contributed by atoms with Crippen LogP contribution in [0.2, 0.25) is 0 Å². The number of rotatable bonds is 6. The van der Waals surface area contributed by atoms with E-state index in [1.54, 1.807) is 0 Å². The summed E-state index contributed by atoms with van der Waals surface area (Å²) in [6, 6.07) is 19.8. The second-order valence-electron chi connectivity index (χ2n) is 8.77. The zero-order valence-electron chi connectivity index (χ0n) is 21.5. The van der Waals surface area contributed by atoms with Gasteiger partial charge < -0.3 is 19.3 Å². The van der Waals surface area contributed by atoms with E-state index in [2.05, 4.69) is 41.7 Å². The summed E-state index contributed by atoms with van der Waals surface area (Å²) in [7, 11) is 2.13. The number of aromatic nitrogens is 2. The molecule has 7 heteroatoms. The number of nitrogens with zero attached hydrogens (tertiary/aromatic N) is 5. The Morgan fingerprint density at radius 3 is 2.47 bits per heavy atom. The number of likely N-dealkylation sites (N-methyl/N-ethyl adjacent to an activating group) is 2. The largest absolute Gasteiger partial charge is 0.486 e. The van der Waals surface area contributed by atoms with Crippen LogP contribution in [0, 0.1) is 18.3 Å². The van der Waals surface area contributed by atoms with E-state index in [4.69, 9.17) is 19.7 Å². The first-order valence-electron chi connectivity index (χ1n) is 12.4. The van der Waals surface area contributed by atoms with Gasteiger partial charge in [0, 0.05) is 36.1 Å². The molecule has 5 rings (SSSR count). The van der Waals surface area contributed by atoms with Gasteiger partial charge >= 0.3 is 0 Å². The molecule has 1 aliphatic rings. The molecular formula is C29H33N5O2.